The van der Waals surface area contributed by atoms with Crippen LogP contribution < -0.4 is 10.5 Å². The molecule has 0 saturated heterocycles. The molecule has 0 radical (unpaired) electrons. The van der Waals surface area contributed by atoms with E-state index in [9.17, 15) is 4.39 Å². The average Bonchev–Trinajstić information content (AvgIpc) is 2.29. The maximum atomic E-state index is 12.9. The number of rotatable bonds is 7. The van der Waals surface area contributed by atoms with Gasteiger partial charge in [-0.3, -0.25) is 0 Å². The summed E-state index contributed by atoms with van der Waals surface area (Å²) in [6, 6.07) is 6.10. The first kappa shape index (κ1) is 12.9. The molecule has 1 aromatic rings. The lowest BCUT2D eigenvalue weighted by atomic mass is 10.1. The Morgan fingerprint density at radius 1 is 1.44 bits per heavy atom. The van der Waals surface area contributed by atoms with E-state index >= 15 is 0 Å². The van der Waals surface area contributed by atoms with Crippen molar-refractivity contribution in [2.75, 3.05) is 26.9 Å². The van der Waals surface area contributed by atoms with Crippen LogP contribution in [-0.2, 0) is 4.74 Å². The molecule has 0 bridgehead atoms. The van der Waals surface area contributed by atoms with Crippen LogP contribution in [0.25, 0.3) is 0 Å². The first-order valence-electron chi connectivity index (χ1n) is 5.33. The van der Waals surface area contributed by atoms with Crippen LogP contribution in [0.1, 0.15) is 6.42 Å². The van der Waals surface area contributed by atoms with Crippen LogP contribution in [0.2, 0.25) is 0 Å². The Kier molecular flexibility index (Phi) is 5.82. The molecule has 0 saturated carbocycles. The second-order valence-electron chi connectivity index (χ2n) is 3.65. The number of benzene rings is 1. The molecule has 0 heterocycles. The topological polar surface area (TPSA) is 44.5 Å². The van der Waals surface area contributed by atoms with Crippen LogP contribution in [0.4, 0.5) is 4.39 Å². The predicted molar refractivity (Wildman–Crippen MR) is 60.9 cm³/mol. The van der Waals surface area contributed by atoms with Crippen molar-refractivity contribution in [1.29, 1.82) is 0 Å². The van der Waals surface area contributed by atoms with Crippen molar-refractivity contribution >= 4 is 0 Å². The third kappa shape index (κ3) is 4.59. The van der Waals surface area contributed by atoms with Gasteiger partial charge in [-0.15, -0.1) is 0 Å². The summed E-state index contributed by atoms with van der Waals surface area (Å²) in [5.74, 6) is 0.484. The van der Waals surface area contributed by atoms with E-state index in [0.29, 0.717) is 25.5 Å². The Labute approximate surface area is 95.4 Å². The molecule has 90 valence electrons. The third-order valence-electron chi connectivity index (χ3n) is 2.35. The molecule has 0 fully saturated rings. The highest BCUT2D eigenvalue weighted by molar-refractivity contribution is 5.22. The second kappa shape index (κ2) is 7.19. The number of ether oxygens (including phenoxy) is 2. The molecule has 4 heteroatoms. The highest BCUT2D eigenvalue weighted by Gasteiger charge is 2.07. The fourth-order valence-corrected chi connectivity index (χ4v) is 1.32. The summed E-state index contributed by atoms with van der Waals surface area (Å²) in [4.78, 5) is 0. The van der Waals surface area contributed by atoms with Gasteiger partial charge in [0.2, 0.25) is 0 Å². The molecule has 0 aliphatic heterocycles. The van der Waals surface area contributed by atoms with Crippen molar-refractivity contribution in [2.45, 2.75) is 6.42 Å². The quantitative estimate of drug-likeness (QED) is 0.772. The Balaban J connectivity index is 2.37. The van der Waals surface area contributed by atoms with E-state index in [1.807, 2.05) is 0 Å². The van der Waals surface area contributed by atoms with Crippen molar-refractivity contribution in [1.82, 2.24) is 0 Å². The largest absolute Gasteiger partial charge is 0.493 e. The summed E-state index contributed by atoms with van der Waals surface area (Å²) < 4.78 is 23.3. The molecule has 0 amide bonds. The summed E-state index contributed by atoms with van der Waals surface area (Å²) in [5.41, 5.74) is 5.60. The van der Waals surface area contributed by atoms with Gasteiger partial charge in [0.25, 0.3) is 0 Å². The lowest BCUT2D eigenvalue weighted by Gasteiger charge is -2.15. The van der Waals surface area contributed by atoms with E-state index in [0.717, 1.165) is 6.42 Å². The van der Waals surface area contributed by atoms with Gasteiger partial charge in [0, 0.05) is 25.7 Å². The van der Waals surface area contributed by atoms with Crippen LogP contribution in [0.5, 0.6) is 5.75 Å². The Bertz CT molecular complexity index is 307. The van der Waals surface area contributed by atoms with E-state index in [1.165, 1.54) is 12.1 Å². The van der Waals surface area contributed by atoms with Gasteiger partial charge in [-0.25, -0.2) is 4.39 Å². The zero-order valence-corrected chi connectivity index (χ0v) is 9.49. The average molecular weight is 227 g/mol. The van der Waals surface area contributed by atoms with E-state index in [1.54, 1.807) is 19.2 Å². The summed E-state index contributed by atoms with van der Waals surface area (Å²) in [5, 5.41) is 0. The fraction of sp³-hybridized carbons (Fsp3) is 0.500. The van der Waals surface area contributed by atoms with Gasteiger partial charge < -0.3 is 15.2 Å². The van der Waals surface area contributed by atoms with Crippen molar-refractivity contribution in [2.24, 2.45) is 11.7 Å². The molecular weight excluding hydrogens is 209 g/mol. The summed E-state index contributed by atoms with van der Waals surface area (Å²) in [6.07, 6.45) is 0.850. The van der Waals surface area contributed by atoms with E-state index in [-0.39, 0.29) is 11.7 Å². The van der Waals surface area contributed by atoms with Gasteiger partial charge in [-0.1, -0.05) is 6.07 Å². The maximum absolute atomic E-state index is 12.9. The fourth-order valence-electron chi connectivity index (χ4n) is 1.32. The maximum Gasteiger partial charge on any atom is 0.126 e. The molecule has 0 aliphatic rings. The SMILES string of the molecule is COCCC(CN)COc1cccc(F)c1. The normalized spacial score (nSPS) is 12.4. The van der Waals surface area contributed by atoms with Crippen molar-refractivity contribution in [3.8, 4) is 5.75 Å². The van der Waals surface area contributed by atoms with Crippen LogP contribution >= 0.6 is 0 Å². The van der Waals surface area contributed by atoms with Crippen molar-refractivity contribution < 1.29 is 13.9 Å². The molecule has 3 nitrogen and oxygen atoms in total. The lowest BCUT2D eigenvalue weighted by Crippen LogP contribution is -2.22. The highest BCUT2D eigenvalue weighted by atomic mass is 19.1. The first-order valence-corrected chi connectivity index (χ1v) is 5.33. The van der Waals surface area contributed by atoms with Crippen LogP contribution in [0.3, 0.4) is 0 Å². The summed E-state index contributed by atoms with van der Waals surface area (Å²) in [6.45, 7) is 1.69. The minimum atomic E-state index is -0.293. The zero-order valence-electron chi connectivity index (χ0n) is 9.49. The van der Waals surface area contributed by atoms with Gasteiger partial charge >= 0.3 is 0 Å². The van der Waals surface area contributed by atoms with Gasteiger partial charge in [-0.05, 0) is 25.1 Å². The Morgan fingerprint density at radius 2 is 2.25 bits per heavy atom. The molecule has 1 atom stereocenters. The number of hydrogen-bond donors (Lipinski definition) is 1. The molecule has 0 aliphatic carbocycles. The molecular formula is C12H18FNO2. The van der Waals surface area contributed by atoms with Gasteiger partial charge in [-0.2, -0.15) is 0 Å². The number of nitrogens with two attached hydrogens (primary N) is 1. The van der Waals surface area contributed by atoms with Crippen molar-refractivity contribution in [3.05, 3.63) is 30.1 Å². The lowest BCUT2D eigenvalue weighted by molar-refractivity contribution is 0.157. The minimum Gasteiger partial charge on any atom is -0.493 e. The van der Waals surface area contributed by atoms with E-state index in [4.69, 9.17) is 15.2 Å². The van der Waals surface area contributed by atoms with Crippen LogP contribution in [0.15, 0.2) is 24.3 Å². The molecule has 1 rings (SSSR count). The molecule has 1 unspecified atom stereocenters. The van der Waals surface area contributed by atoms with Crippen LogP contribution in [-0.4, -0.2) is 26.9 Å². The van der Waals surface area contributed by atoms with Crippen molar-refractivity contribution in [3.63, 3.8) is 0 Å². The molecule has 1 aromatic carbocycles. The number of methoxy groups -OCH3 is 1. The summed E-state index contributed by atoms with van der Waals surface area (Å²) >= 11 is 0. The molecule has 2 N–H and O–H groups in total. The smallest absolute Gasteiger partial charge is 0.126 e. The van der Waals surface area contributed by atoms with Gasteiger partial charge in [0.1, 0.15) is 11.6 Å². The zero-order chi connectivity index (χ0) is 11.8. The molecule has 16 heavy (non-hydrogen) atoms. The van der Waals surface area contributed by atoms with E-state index in [2.05, 4.69) is 0 Å². The highest BCUT2D eigenvalue weighted by Crippen LogP contribution is 2.13. The first-order chi connectivity index (χ1) is 7.76. The summed E-state index contributed by atoms with van der Waals surface area (Å²) in [7, 11) is 1.65. The van der Waals surface area contributed by atoms with E-state index < -0.39 is 0 Å². The van der Waals surface area contributed by atoms with Crippen LogP contribution in [0, 0.1) is 11.7 Å². The monoisotopic (exact) mass is 227 g/mol. The number of hydrogen-bond acceptors (Lipinski definition) is 3. The molecule has 0 aromatic heterocycles. The Morgan fingerprint density at radius 3 is 2.88 bits per heavy atom. The number of halogens is 1. The third-order valence-corrected chi connectivity index (χ3v) is 2.35. The molecule has 0 spiro atoms. The second-order valence-corrected chi connectivity index (χ2v) is 3.65. The van der Waals surface area contributed by atoms with Gasteiger partial charge in [0.05, 0.1) is 6.61 Å². The Hall–Kier alpha value is -1.13. The van der Waals surface area contributed by atoms with Gasteiger partial charge in [0.15, 0.2) is 0 Å². The minimum absolute atomic E-state index is 0.239. The standard InChI is InChI=1S/C12H18FNO2/c1-15-6-5-10(8-14)9-16-12-4-2-3-11(13)7-12/h2-4,7,10H,5-6,8-9,14H2,1H3. The predicted octanol–water partition coefficient (Wildman–Crippen LogP) is 1.82.